The van der Waals surface area contributed by atoms with Crippen molar-refractivity contribution in [1.82, 2.24) is 19.8 Å². The van der Waals surface area contributed by atoms with E-state index >= 15 is 0 Å². The number of anilines is 2. The summed E-state index contributed by atoms with van der Waals surface area (Å²) in [7, 11) is -21.9. The first-order chi connectivity index (χ1) is 24.9. The van der Waals surface area contributed by atoms with Gasteiger partial charge in [0.2, 0.25) is 5.88 Å². The van der Waals surface area contributed by atoms with Crippen molar-refractivity contribution in [1.29, 1.82) is 0 Å². The van der Waals surface area contributed by atoms with E-state index in [0.717, 1.165) is 25.7 Å². The van der Waals surface area contributed by atoms with Crippen LogP contribution < -0.4 is 14.6 Å². The number of pyridine rings is 2. The van der Waals surface area contributed by atoms with Gasteiger partial charge in [0, 0.05) is 46.4 Å². The quantitative estimate of drug-likeness (QED) is 0.0575. The number of hydrogen-bond donors (Lipinski definition) is 6. The molecule has 3 unspecified atom stereocenters. The van der Waals surface area contributed by atoms with Crippen molar-refractivity contribution in [2.75, 3.05) is 38.6 Å². The predicted molar refractivity (Wildman–Crippen MR) is 193 cm³/mol. The number of halogens is 1. The van der Waals surface area contributed by atoms with Gasteiger partial charge in [-0.3, -0.25) is 14.7 Å². The Balaban J connectivity index is 1.44. The number of likely N-dealkylation sites (tertiary alicyclic amines) is 2. The lowest BCUT2D eigenvalue weighted by Gasteiger charge is -2.25. The van der Waals surface area contributed by atoms with Crippen LogP contribution in [0.4, 0.5) is 11.4 Å². The molecule has 2 saturated heterocycles. The third kappa shape index (κ3) is 10.6. The van der Waals surface area contributed by atoms with E-state index < -0.39 is 31.3 Å². The number of methoxy groups -OCH3 is 1. The average Bonchev–Trinajstić information content (AvgIpc) is 3.74. The van der Waals surface area contributed by atoms with Gasteiger partial charge in [0.25, 0.3) is 0 Å². The van der Waals surface area contributed by atoms with Gasteiger partial charge in [0.05, 0.1) is 23.8 Å². The largest absolute Gasteiger partial charge is 0.536 e. The lowest BCUT2D eigenvalue weighted by Crippen LogP contribution is -2.22. The van der Waals surface area contributed by atoms with Crippen molar-refractivity contribution in [2.24, 2.45) is 0 Å². The molecule has 2 aromatic heterocycles. The third-order valence-corrected chi connectivity index (χ3v) is 13.9. The molecule has 2 fully saturated rings. The first-order valence-corrected chi connectivity index (χ1v) is 22.5. The molecule has 24 heteroatoms. The third-order valence-electron chi connectivity index (χ3n) is 8.29. The Kier molecular flexibility index (Phi) is 12.0. The normalized spacial score (nSPS) is 19.2. The van der Waals surface area contributed by atoms with Crippen molar-refractivity contribution in [3.8, 4) is 11.6 Å². The number of phosphoric ester groups is 1. The molecule has 19 nitrogen and oxygen atoms in total. The van der Waals surface area contributed by atoms with Crippen LogP contribution in [0.25, 0.3) is 21.9 Å². The number of nitrogens with one attached hydrogen (secondary N) is 1. The van der Waals surface area contributed by atoms with E-state index in [4.69, 9.17) is 35.6 Å². The molecule has 0 aliphatic carbocycles. The lowest BCUT2D eigenvalue weighted by molar-refractivity contribution is 0.194. The standard InChI is InChI=1S/C29H36ClN5O14P4/c1-45-26-9-8-24-28(33-26)27(23-7-6-21(30)16-25(23)32-24)31-22-14-19(17-34-10-2-3-11-34)29(20(15-22)18-35-12-4-5-13-35)46-51(39,40)48-53(43,44)49-52(41,42)47-50(36,37)38/h6-9,14-16H,2-5,10-13,17-18H2,1H3,(H,31,32)(H,39,40)(H,41,42)(H,43,44)(H2,36,37,38). The molecule has 6 rings (SSSR count). The van der Waals surface area contributed by atoms with Crippen molar-refractivity contribution >= 4 is 76.2 Å². The second-order valence-electron chi connectivity index (χ2n) is 12.3. The van der Waals surface area contributed by atoms with Crippen LogP contribution in [0.3, 0.4) is 0 Å². The first-order valence-electron chi connectivity index (χ1n) is 16.1. The van der Waals surface area contributed by atoms with Crippen LogP contribution in [0.1, 0.15) is 36.8 Å². The van der Waals surface area contributed by atoms with Crippen molar-refractivity contribution in [3.05, 3.63) is 58.6 Å². The Hall–Kier alpha value is -2.53. The fraction of sp³-hybridized carbons (Fsp3) is 0.379. The summed E-state index contributed by atoms with van der Waals surface area (Å²) >= 11 is 6.32. The van der Waals surface area contributed by atoms with E-state index in [1.807, 2.05) is 0 Å². The van der Waals surface area contributed by atoms with Gasteiger partial charge in [-0.2, -0.15) is 12.9 Å². The summed E-state index contributed by atoms with van der Waals surface area (Å²) in [6.45, 7) is 3.27. The van der Waals surface area contributed by atoms with E-state index in [9.17, 15) is 32.9 Å². The molecule has 0 amide bonds. The minimum Gasteiger partial charge on any atom is -0.481 e. The van der Waals surface area contributed by atoms with Gasteiger partial charge in [0.15, 0.2) is 0 Å². The molecule has 4 aromatic rings. The Morgan fingerprint density at radius 3 is 1.87 bits per heavy atom. The smallest absolute Gasteiger partial charge is 0.481 e. The monoisotopic (exact) mass is 837 g/mol. The fourth-order valence-corrected chi connectivity index (χ4v) is 11.0. The zero-order valence-electron chi connectivity index (χ0n) is 28.0. The number of fused-ring (bicyclic) bond motifs is 2. The Morgan fingerprint density at radius 2 is 1.30 bits per heavy atom. The number of benzene rings is 2. The molecule has 2 aliphatic heterocycles. The molecular formula is C29H36ClN5O14P4. The maximum atomic E-state index is 13.4. The van der Waals surface area contributed by atoms with Crippen molar-refractivity contribution in [3.63, 3.8) is 0 Å². The summed E-state index contributed by atoms with van der Waals surface area (Å²) in [6.07, 6.45) is 3.63. The van der Waals surface area contributed by atoms with E-state index in [1.165, 1.54) is 7.11 Å². The van der Waals surface area contributed by atoms with Gasteiger partial charge in [0.1, 0.15) is 11.3 Å². The number of rotatable bonds is 15. The van der Waals surface area contributed by atoms with Crippen molar-refractivity contribution in [2.45, 2.75) is 38.8 Å². The van der Waals surface area contributed by atoms with E-state index in [0.29, 0.717) is 81.5 Å². The first kappa shape index (κ1) is 40.1. The van der Waals surface area contributed by atoms with Gasteiger partial charge >= 0.3 is 31.3 Å². The molecule has 2 aromatic carbocycles. The molecule has 0 saturated carbocycles. The highest BCUT2D eigenvalue weighted by Crippen LogP contribution is 2.70. The van der Waals surface area contributed by atoms with E-state index in [2.05, 4.69) is 33.0 Å². The zero-order chi connectivity index (χ0) is 38.2. The lowest BCUT2D eigenvalue weighted by atomic mass is 10.0. The Labute approximate surface area is 307 Å². The molecule has 53 heavy (non-hydrogen) atoms. The van der Waals surface area contributed by atoms with Gasteiger partial charge in [-0.1, -0.05) is 11.6 Å². The molecule has 4 heterocycles. The molecule has 288 valence electrons. The highest BCUT2D eigenvalue weighted by molar-refractivity contribution is 7.69. The maximum Gasteiger partial charge on any atom is 0.536 e. The van der Waals surface area contributed by atoms with Crippen LogP contribution >= 0.6 is 42.9 Å². The van der Waals surface area contributed by atoms with Crippen LogP contribution in [-0.4, -0.2) is 77.5 Å². The van der Waals surface area contributed by atoms with Crippen LogP contribution in [0.15, 0.2) is 42.5 Å². The molecule has 0 radical (unpaired) electrons. The highest BCUT2D eigenvalue weighted by atomic mass is 35.5. The van der Waals surface area contributed by atoms with Gasteiger partial charge < -0.3 is 34.2 Å². The minimum absolute atomic E-state index is 0.158. The van der Waals surface area contributed by atoms with Crippen LogP contribution in [0.5, 0.6) is 11.6 Å². The Morgan fingerprint density at radius 1 is 0.736 bits per heavy atom. The molecular weight excluding hydrogens is 802 g/mol. The number of phosphoric acid groups is 4. The maximum absolute atomic E-state index is 13.4. The fourth-order valence-electron chi connectivity index (χ4n) is 6.26. The van der Waals surface area contributed by atoms with E-state index in [1.54, 1.807) is 42.5 Å². The number of aromatic nitrogens is 2. The van der Waals surface area contributed by atoms with Crippen LogP contribution in [-0.2, 0) is 44.3 Å². The summed E-state index contributed by atoms with van der Waals surface area (Å²) < 4.78 is 71.5. The second-order valence-corrected chi connectivity index (χ2v) is 18.7. The summed E-state index contributed by atoms with van der Waals surface area (Å²) in [6, 6.07) is 12.0. The molecule has 0 bridgehead atoms. The zero-order valence-corrected chi connectivity index (χ0v) is 32.3. The topological polar surface area (TPSA) is 260 Å². The highest BCUT2D eigenvalue weighted by Gasteiger charge is 2.46. The number of hydrogen-bond acceptors (Lipinski definition) is 14. The number of nitrogens with zero attached hydrogens (tertiary/aromatic N) is 4. The molecule has 6 N–H and O–H groups in total. The van der Waals surface area contributed by atoms with Crippen molar-refractivity contribution < 1.29 is 64.9 Å². The summed E-state index contributed by atoms with van der Waals surface area (Å²) in [5.74, 6) is 0.188. The molecule has 2 aliphatic rings. The predicted octanol–water partition coefficient (Wildman–Crippen LogP) is 6.20. The second kappa shape index (κ2) is 15.9. The SMILES string of the molecule is COc1ccc2nc3cc(Cl)ccc3c(Nc3cc(CN4CCCC4)c(OP(=O)(O)OP(=O)(O)OP(=O)(O)OP(=O)(O)O)c(CN4CCCC4)c3)c2n1. The number of ether oxygens (including phenoxy) is 1. The van der Waals surface area contributed by atoms with E-state index in [-0.39, 0.29) is 18.8 Å². The van der Waals surface area contributed by atoms with Gasteiger partial charge in [-0.05, 0) is 88.3 Å². The minimum atomic E-state index is -6.04. The van der Waals surface area contributed by atoms with Gasteiger partial charge in [-0.15, -0.1) is 0 Å². The molecule has 0 spiro atoms. The molecule has 3 atom stereocenters. The van der Waals surface area contributed by atoms with Crippen LogP contribution in [0, 0.1) is 0 Å². The van der Waals surface area contributed by atoms with Crippen LogP contribution in [0.2, 0.25) is 5.02 Å². The summed E-state index contributed by atoms with van der Waals surface area (Å²) in [4.78, 5) is 61.6. The summed E-state index contributed by atoms with van der Waals surface area (Å²) in [5, 5.41) is 4.62. The average molecular weight is 838 g/mol. The Bertz CT molecular complexity index is 2180. The van der Waals surface area contributed by atoms with Gasteiger partial charge in [-0.25, -0.2) is 28.2 Å². The summed E-state index contributed by atoms with van der Waals surface area (Å²) in [5.41, 5.74) is 3.46.